The van der Waals surface area contributed by atoms with Crippen molar-refractivity contribution in [2.24, 2.45) is 11.8 Å². The van der Waals surface area contributed by atoms with E-state index >= 15 is 0 Å². The monoisotopic (exact) mass is 529 g/mol. The number of hydrogen-bond donors (Lipinski definition) is 1. The zero-order valence-corrected chi connectivity index (χ0v) is 24.9. The summed E-state index contributed by atoms with van der Waals surface area (Å²) in [5.41, 5.74) is 4.97. The molecule has 1 saturated heterocycles. The molecule has 39 heavy (non-hydrogen) atoms. The maximum atomic E-state index is 13.7. The van der Waals surface area contributed by atoms with Gasteiger partial charge in [0, 0.05) is 30.9 Å². The third-order valence-corrected chi connectivity index (χ3v) is 7.85. The fraction of sp³-hybridized carbons (Fsp3) is 0.562. The summed E-state index contributed by atoms with van der Waals surface area (Å²) in [4.78, 5) is 23.4. The minimum Gasteiger partial charge on any atom is -0.339 e. The molecule has 3 aromatic rings. The van der Waals surface area contributed by atoms with E-state index < -0.39 is 0 Å². The predicted molar refractivity (Wildman–Crippen MR) is 167 cm³/mol. The molecule has 1 aromatic heterocycles. The van der Waals surface area contributed by atoms with E-state index in [9.17, 15) is 4.79 Å². The highest BCUT2D eigenvalue weighted by Gasteiger charge is 2.20. The molecule has 1 aliphatic rings. The number of likely N-dealkylation sites (tertiary alicyclic amines) is 1. The first kappa shape index (κ1) is 29.2. The van der Waals surface area contributed by atoms with Crippen molar-refractivity contribution in [3.8, 4) is 0 Å². The Bertz CT molecular complexity index is 1190. The number of hydrogen-bond acceptors (Lipinski definition) is 4. The molecular formula is C32H48BN5O. The van der Waals surface area contributed by atoms with Gasteiger partial charge in [0.05, 0.1) is 11.0 Å². The molecule has 0 saturated carbocycles. The van der Waals surface area contributed by atoms with Crippen LogP contribution < -0.4 is 10.8 Å². The topological polar surface area (TPSA) is 53.4 Å². The number of nitrogens with one attached hydrogen (secondary N) is 1. The predicted octanol–water partition coefficient (Wildman–Crippen LogP) is 5.45. The van der Waals surface area contributed by atoms with Crippen molar-refractivity contribution < 1.29 is 4.79 Å². The number of amides is 1. The third-order valence-electron chi connectivity index (χ3n) is 7.85. The van der Waals surface area contributed by atoms with Crippen molar-refractivity contribution in [3.63, 3.8) is 0 Å². The van der Waals surface area contributed by atoms with E-state index in [1.807, 2.05) is 12.1 Å². The van der Waals surface area contributed by atoms with Crippen molar-refractivity contribution in [1.29, 1.82) is 0 Å². The Morgan fingerprint density at radius 1 is 0.949 bits per heavy atom. The second-order valence-corrected chi connectivity index (χ2v) is 12.2. The molecular weight excluding hydrogens is 481 g/mol. The summed E-state index contributed by atoms with van der Waals surface area (Å²) >= 11 is 0. The molecule has 1 N–H and O–H groups in total. The van der Waals surface area contributed by atoms with Crippen LogP contribution in [0.15, 0.2) is 42.5 Å². The molecule has 1 amide bonds. The molecule has 0 bridgehead atoms. The molecule has 1 aliphatic heterocycles. The lowest BCUT2D eigenvalue weighted by molar-refractivity contribution is 0.0741. The highest BCUT2D eigenvalue weighted by molar-refractivity contribution is 6.32. The Hall–Kier alpha value is -2.80. The van der Waals surface area contributed by atoms with Gasteiger partial charge in [-0.3, -0.25) is 4.79 Å². The van der Waals surface area contributed by atoms with E-state index in [2.05, 4.69) is 85.6 Å². The summed E-state index contributed by atoms with van der Waals surface area (Å²) < 4.78 is 2.28. The van der Waals surface area contributed by atoms with E-state index in [1.165, 1.54) is 37.8 Å². The molecule has 1 fully saturated rings. The van der Waals surface area contributed by atoms with Gasteiger partial charge >= 0.3 is 0 Å². The van der Waals surface area contributed by atoms with Gasteiger partial charge in [-0.05, 0) is 93.9 Å². The van der Waals surface area contributed by atoms with Crippen LogP contribution in [0.2, 0.25) is 0 Å². The Morgan fingerprint density at radius 2 is 1.62 bits per heavy atom. The van der Waals surface area contributed by atoms with Crippen LogP contribution in [0, 0.1) is 11.8 Å². The highest BCUT2D eigenvalue weighted by Crippen LogP contribution is 2.25. The number of anilines is 2. The van der Waals surface area contributed by atoms with Crippen LogP contribution >= 0.6 is 0 Å². The lowest BCUT2D eigenvalue weighted by atomic mass is 9.96. The first-order valence-corrected chi connectivity index (χ1v) is 15.2. The molecule has 0 unspecified atom stereocenters. The lowest BCUT2D eigenvalue weighted by Crippen LogP contribution is -2.34. The van der Waals surface area contributed by atoms with Crippen molar-refractivity contribution in [1.82, 2.24) is 19.4 Å². The van der Waals surface area contributed by atoms with Crippen molar-refractivity contribution >= 4 is 41.9 Å². The van der Waals surface area contributed by atoms with Gasteiger partial charge in [-0.25, -0.2) is 4.98 Å². The smallest absolute Gasteiger partial charge is 0.253 e. The molecule has 210 valence electrons. The van der Waals surface area contributed by atoms with Gasteiger partial charge in [0.15, 0.2) is 0 Å². The number of rotatable bonds is 13. The summed E-state index contributed by atoms with van der Waals surface area (Å²) in [5, 5.41) is 3.56. The SMILES string of the molecule is Bc1ccc(Nc2nc3ccc(C(=O)N(CCC(C)C)CCC(C)C)cc3n2CCCN2CCCCC2)cc1. The van der Waals surface area contributed by atoms with Gasteiger partial charge in [0.25, 0.3) is 5.91 Å². The molecule has 0 atom stereocenters. The maximum absolute atomic E-state index is 13.7. The largest absolute Gasteiger partial charge is 0.339 e. The van der Waals surface area contributed by atoms with Crippen LogP contribution in [0.5, 0.6) is 0 Å². The van der Waals surface area contributed by atoms with E-state index in [1.54, 1.807) is 0 Å². The summed E-state index contributed by atoms with van der Waals surface area (Å²) in [6, 6.07) is 14.5. The number of aromatic nitrogens is 2. The fourth-order valence-corrected chi connectivity index (χ4v) is 5.30. The zero-order chi connectivity index (χ0) is 27.8. The fourth-order valence-electron chi connectivity index (χ4n) is 5.30. The number of piperidine rings is 1. The molecule has 0 radical (unpaired) electrons. The van der Waals surface area contributed by atoms with E-state index in [4.69, 9.17) is 4.98 Å². The number of benzene rings is 2. The number of carbonyl (C=O) groups excluding carboxylic acids is 1. The van der Waals surface area contributed by atoms with Crippen LogP contribution in [0.1, 0.15) is 76.6 Å². The van der Waals surface area contributed by atoms with Crippen LogP contribution in [0.3, 0.4) is 0 Å². The molecule has 7 heteroatoms. The van der Waals surface area contributed by atoms with Gasteiger partial charge in [-0.15, -0.1) is 0 Å². The Balaban J connectivity index is 1.61. The van der Waals surface area contributed by atoms with Gasteiger partial charge in [0.2, 0.25) is 5.95 Å². The van der Waals surface area contributed by atoms with Crippen molar-refractivity contribution in [2.75, 3.05) is 38.0 Å². The summed E-state index contributed by atoms with van der Waals surface area (Å²) in [6.07, 6.45) is 7.07. The molecule has 0 spiro atoms. The maximum Gasteiger partial charge on any atom is 0.253 e. The highest BCUT2D eigenvalue weighted by atomic mass is 16.2. The molecule has 6 nitrogen and oxygen atoms in total. The molecule has 0 aliphatic carbocycles. The minimum absolute atomic E-state index is 0.132. The number of imidazole rings is 1. The van der Waals surface area contributed by atoms with Gasteiger partial charge in [-0.1, -0.05) is 51.7 Å². The standard InChI is InChI=1S/C32H48BN5O/c1-24(2)15-21-37(22-16-25(3)4)31(39)26-9-14-29-30(23-26)38(20-8-19-36-17-6-5-7-18-36)32(35-29)34-28-12-10-27(33)11-13-28/h9-14,23-25H,5-8,15-22,33H2,1-4H3,(H,34,35). The second kappa shape index (κ2) is 14.0. The van der Waals surface area contributed by atoms with Crippen LogP contribution in [-0.2, 0) is 6.54 Å². The number of aryl methyl sites for hydroxylation is 1. The number of fused-ring (bicyclic) bond motifs is 1. The minimum atomic E-state index is 0.132. The summed E-state index contributed by atoms with van der Waals surface area (Å²) in [6.45, 7) is 14.9. The van der Waals surface area contributed by atoms with Crippen molar-refractivity contribution in [3.05, 3.63) is 48.0 Å². The van der Waals surface area contributed by atoms with Crippen molar-refractivity contribution in [2.45, 2.75) is 72.8 Å². The van der Waals surface area contributed by atoms with Gasteiger partial charge < -0.3 is 19.7 Å². The summed E-state index contributed by atoms with van der Waals surface area (Å²) in [7, 11) is 2.10. The zero-order valence-electron chi connectivity index (χ0n) is 24.9. The molecule has 4 rings (SSSR count). The van der Waals surface area contributed by atoms with Crippen LogP contribution in [0.25, 0.3) is 11.0 Å². The second-order valence-electron chi connectivity index (χ2n) is 12.2. The molecule has 2 aromatic carbocycles. The summed E-state index contributed by atoms with van der Waals surface area (Å²) in [5.74, 6) is 2.11. The van der Waals surface area contributed by atoms with E-state index in [0.29, 0.717) is 11.8 Å². The average molecular weight is 530 g/mol. The quantitative estimate of drug-likeness (QED) is 0.299. The van der Waals surface area contributed by atoms with Crippen LogP contribution in [-0.4, -0.2) is 65.8 Å². The first-order valence-electron chi connectivity index (χ1n) is 15.2. The Morgan fingerprint density at radius 3 is 2.26 bits per heavy atom. The lowest BCUT2D eigenvalue weighted by Gasteiger charge is -2.26. The van der Waals surface area contributed by atoms with E-state index in [0.717, 1.165) is 73.7 Å². The third kappa shape index (κ3) is 8.34. The van der Waals surface area contributed by atoms with Gasteiger partial charge in [-0.2, -0.15) is 0 Å². The molecule has 2 heterocycles. The van der Waals surface area contributed by atoms with E-state index in [-0.39, 0.29) is 5.91 Å². The number of carbonyl (C=O) groups is 1. The van der Waals surface area contributed by atoms with Crippen LogP contribution in [0.4, 0.5) is 11.6 Å². The Kier molecular flexibility index (Phi) is 10.5. The Labute approximate surface area is 236 Å². The first-order chi connectivity index (χ1) is 18.8. The normalized spacial score (nSPS) is 14.4. The number of nitrogens with zero attached hydrogens (tertiary/aromatic N) is 4. The average Bonchev–Trinajstić information content (AvgIpc) is 3.26. The van der Waals surface area contributed by atoms with Gasteiger partial charge in [0.1, 0.15) is 7.85 Å².